The fourth-order valence-electron chi connectivity index (χ4n) is 0.945. The Morgan fingerprint density at radius 2 is 1.82 bits per heavy atom. The summed E-state index contributed by atoms with van der Waals surface area (Å²) in [6.45, 7) is 5.24. The van der Waals surface area contributed by atoms with Crippen molar-refractivity contribution in [3.8, 4) is 0 Å². The molecule has 0 radical (unpaired) electrons. The number of aliphatic hydroxyl groups excluding tert-OH is 1. The van der Waals surface area contributed by atoms with Gasteiger partial charge in [-0.25, -0.2) is 0 Å². The minimum atomic E-state index is -0.276. The van der Waals surface area contributed by atoms with Crippen molar-refractivity contribution in [1.82, 2.24) is 5.32 Å². The lowest BCUT2D eigenvalue weighted by Gasteiger charge is -2.10. The number of rotatable bonds is 7. The molecule has 0 aromatic carbocycles. The van der Waals surface area contributed by atoms with Gasteiger partial charge in [-0.2, -0.15) is 0 Å². The highest BCUT2D eigenvalue weighted by Crippen LogP contribution is 1.97. The summed E-state index contributed by atoms with van der Waals surface area (Å²) in [5, 5.41) is 12.4. The zero-order valence-corrected chi connectivity index (χ0v) is 7.77. The summed E-state index contributed by atoms with van der Waals surface area (Å²) in [6, 6.07) is 0. The maximum atomic E-state index is 9.30. The second kappa shape index (κ2) is 8.02. The maximum absolute atomic E-state index is 9.30. The second-order valence-corrected chi connectivity index (χ2v) is 2.97. The molecule has 2 N–H and O–H groups in total. The predicted octanol–water partition coefficient (Wildman–Crippen LogP) is 1.88. The van der Waals surface area contributed by atoms with Crippen LogP contribution in [0.15, 0.2) is 0 Å². The van der Waals surface area contributed by atoms with Gasteiger partial charge < -0.3 is 5.11 Å². The highest BCUT2D eigenvalue weighted by atomic mass is 16.3. The molecule has 0 fully saturated rings. The zero-order chi connectivity index (χ0) is 8.53. The molecule has 0 amide bonds. The second-order valence-electron chi connectivity index (χ2n) is 2.97. The van der Waals surface area contributed by atoms with Crippen LogP contribution in [-0.2, 0) is 0 Å². The molecule has 2 heteroatoms. The summed E-state index contributed by atoms with van der Waals surface area (Å²) in [4.78, 5) is 0. The number of hydrogen-bond donors (Lipinski definition) is 2. The first-order valence-corrected chi connectivity index (χ1v) is 4.72. The van der Waals surface area contributed by atoms with Gasteiger partial charge in [0.05, 0.1) is 0 Å². The van der Waals surface area contributed by atoms with E-state index in [0.29, 0.717) is 0 Å². The minimum absolute atomic E-state index is 0.276. The van der Waals surface area contributed by atoms with E-state index < -0.39 is 0 Å². The molecule has 0 heterocycles. The molecular weight excluding hydrogens is 138 g/mol. The van der Waals surface area contributed by atoms with Crippen LogP contribution in [0.4, 0.5) is 0 Å². The first kappa shape index (κ1) is 10.9. The van der Waals surface area contributed by atoms with Gasteiger partial charge in [0, 0.05) is 0 Å². The van der Waals surface area contributed by atoms with Gasteiger partial charge in [0.15, 0.2) is 0 Å². The van der Waals surface area contributed by atoms with E-state index in [2.05, 4.69) is 19.2 Å². The van der Waals surface area contributed by atoms with Crippen LogP contribution in [0.25, 0.3) is 0 Å². The Labute approximate surface area is 70.0 Å². The van der Waals surface area contributed by atoms with Crippen molar-refractivity contribution in [3.05, 3.63) is 0 Å². The molecule has 0 aromatic heterocycles. The quantitative estimate of drug-likeness (QED) is 0.439. The van der Waals surface area contributed by atoms with Gasteiger partial charge >= 0.3 is 0 Å². The predicted molar refractivity (Wildman–Crippen MR) is 48.4 cm³/mol. The average Bonchev–Trinajstić information content (AvgIpc) is 2.01. The fraction of sp³-hybridized carbons (Fsp3) is 1.00. The highest BCUT2D eigenvalue weighted by molar-refractivity contribution is 4.52. The van der Waals surface area contributed by atoms with Gasteiger partial charge in [-0.3, -0.25) is 5.32 Å². The van der Waals surface area contributed by atoms with Gasteiger partial charge in [0.25, 0.3) is 0 Å². The van der Waals surface area contributed by atoms with E-state index in [4.69, 9.17) is 0 Å². The fourth-order valence-corrected chi connectivity index (χ4v) is 0.945. The molecule has 0 aliphatic rings. The smallest absolute Gasteiger partial charge is 0.104 e. The van der Waals surface area contributed by atoms with Gasteiger partial charge in [-0.05, 0) is 25.8 Å². The molecule has 0 rings (SSSR count). The molecule has 0 aromatic rings. The molecule has 11 heavy (non-hydrogen) atoms. The third-order valence-corrected chi connectivity index (χ3v) is 1.74. The average molecular weight is 159 g/mol. The molecule has 2 nitrogen and oxygen atoms in total. The van der Waals surface area contributed by atoms with E-state index >= 15 is 0 Å². The Morgan fingerprint density at radius 3 is 2.36 bits per heavy atom. The zero-order valence-electron chi connectivity index (χ0n) is 7.77. The summed E-state index contributed by atoms with van der Waals surface area (Å²) in [7, 11) is 0. The van der Waals surface area contributed by atoms with E-state index in [9.17, 15) is 5.11 Å². The Hall–Kier alpha value is -0.0800. The van der Waals surface area contributed by atoms with Crippen molar-refractivity contribution in [1.29, 1.82) is 0 Å². The van der Waals surface area contributed by atoms with E-state index in [-0.39, 0.29) is 6.23 Å². The Balaban J connectivity index is 3.02. The lowest BCUT2D eigenvalue weighted by atomic mass is 10.2. The molecular formula is C9H21NO. The Kier molecular flexibility index (Phi) is 7.96. The van der Waals surface area contributed by atoms with Gasteiger partial charge in [-0.15, -0.1) is 0 Å². The SMILES string of the molecule is CCCCNC(O)CCCC. The van der Waals surface area contributed by atoms with E-state index in [1.807, 2.05) is 0 Å². The van der Waals surface area contributed by atoms with Crippen molar-refractivity contribution < 1.29 is 5.11 Å². The van der Waals surface area contributed by atoms with Gasteiger partial charge in [0.2, 0.25) is 0 Å². The van der Waals surface area contributed by atoms with E-state index in [1.54, 1.807) is 0 Å². The molecule has 0 bridgehead atoms. The van der Waals surface area contributed by atoms with Gasteiger partial charge in [0.1, 0.15) is 6.23 Å². The summed E-state index contributed by atoms with van der Waals surface area (Å²) in [6.07, 6.45) is 5.23. The van der Waals surface area contributed by atoms with E-state index in [1.165, 1.54) is 6.42 Å². The van der Waals surface area contributed by atoms with Crippen molar-refractivity contribution in [2.24, 2.45) is 0 Å². The topological polar surface area (TPSA) is 32.3 Å². The van der Waals surface area contributed by atoms with E-state index in [0.717, 1.165) is 32.2 Å². The first-order valence-electron chi connectivity index (χ1n) is 4.72. The number of hydrogen-bond acceptors (Lipinski definition) is 2. The largest absolute Gasteiger partial charge is 0.379 e. The molecule has 0 saturated carbocycles. The van der Waals surface area contributed by atoms with Crippen LogP contribution in [0, 0.1) is 0 Å². The van der Waals surface area contributed by atoms with Crippen LogP contribution < -0.4 is 5.32 Å². The summed E-state index contributed by atoms with van der Waals surface area (Å²) in [5.41, 5.74) is 0. The van der Waals surface area contributed by atoms with Crippen LogP contribution in [-0.4, -0.2) is 17.9 Å². The number of nitrogens with one attached hydrogen (secondary N) is 1. The standard InChI is InChI=1S/C9H21NO/c1-3-5-7-9(11)10-8-6-4-2/h9-11H,3-8H2,1-2H3. The number of aliphatic hydroxyl groups is 1. The van der Waals surface area contributed by atoms with Crippen LogP contribution in [0.3, 0.4) is 0 Å². The van der Waals surface area contributed by atoms with Crippen LogP contribution >= 0.6 is 0 Å². The van der Waals surface area contributed by atoms with Crippen molar-refractivity contribution in [3.63, 3.8) is 0 Å². The molecule has 0 aliphatic carbocycles. The molecule has 1 atom stereocenters. The van der Waals surface area contributed by atoms with Crippen LogP contribution in [0.5, 0.6) is 0 Å². The Morgan fingerprint density at radius 1 is 1.18 bits per heavy atom. The van der Waals surface area contributed by atoms with Gasteiger partial charge in [-0.1, -0.05) is 26.7 Å². The van der Waals surface area contributed by atoms with Crippen molar-refractivity contribution in [2.45, 2.75) is 52.2 Å². The van der Waals surface area contributed by atoms with Crippen molar-refractivity contribution >= 4 is 0 Å². The lowest BCUT2D eigenvalue weighted by molar-refractivity contribution is 0.125. The first-order chi connectivity index (χ1) is 5.31. The summed E-state index contributed by atoms with van der Waals surface area (Å²) < 4.78 is 0. The molecule has 68 valence electrons. The number of unbranched alkanes of at least 4 members (excludes halogenated alkanes) is 2. The third-order valence-electron chi connectivity index (χ3n) is 1.74. The Bertz CT molecular complexity index is 76.0. The molecule has 0 aliphatic heterocycles. The monoisotopic (exact) mass is 159 g/mol. The normalized spacial score (nSPS) is 13.4. The van der Waals surface area contributed by atoms with Crippen molar-refractivity contribution in [2.75, 3.05) is 6.54 Å². The lowest BCUT2D eigenvalue weighted by Crippen LogP contribution is -2.29. The molecule has 0 saturated heterocycles. The summed E-state index contributed by atoms with van der Waals surface area (Å²) in [5.74, 6) is 0. The molecule has 1 unspecified atom stereocenters. The third kappa shape index (κ3) is 7.82. The summed E-state index contributed by atoms with van der Waals surface area (Å²) >= 11 is 0. The maximum Gasteiger partial charge on any atom is 0.104 e. The van der Waals surface area contributed by atoms with Crippen LogP contribution in [0.2, 0.25) is 0 Å². The highest BCUT2D eigenvalue weighted by Gasteiger charge is 1.99. The molecule has 0 spiro atoms. The van der Waals surface area contributed by atoms with Crippen LogP contribution in [0.1, 0.15) is 46.0 Å². The minimum Gasteiger partial charge on any atom is -0.379 e.